The number of aliphatic carboxylic acids is 4. The van der Waals surface area contributed by atoms with Crippen LogP contribution < -0.4 is 55.1 Å². The molecule has 12 rings (SSSR count). The third-order valence-corrected chi connectivity index (χ3v) is 19.6. The molecule has 0 fully saturated rings. The van der Waals surface area contributed by atoms with Crippen LogP contribution in [0, 0.1) is 27.7 Å². The highest BCUT2D eigenvalue weighted by Gasteiger charge is 2.26. The van der Waals surface area contributed by atoms with Crippen LogP contribution in [-0.2, 0) is 76.8 Å². The third-order valence-electron chi connectivity index (χ3n) is 19.6. The molecule has 12 aromatic rings. The van der Waals surface area contributed by atoms with Crippen LogP contribution in [0.3, 0.4) is 0 Å². The van der Waals surface area contributed by atoms with Gasteiger partial charge in [0.15, 0.2) is 8.61 Å². The maximum Gasteiger partial charge on any atom is 0.308 e. The van der Waals surface area contributed by atoms with Crippen LogP contribution in [-0.4, -0.2) is 220 Å². The maximum atomic E-state index is 12.7. The van der Waals surface area contributed by atoms with Crippen molar-refractivity contribution in [2.24, 2.45) is 0 Å². The van der Waals surface area contributed by atoms with Crippen LogP contribution in [0.5, 0.6) is 0 Å². The van der Waals surface area contributed by atoms with Gasteiger partial charge in [-0.15, -0.1) is 0 Å². The molecule has 0 saturated heterocycles. The lowest BCUT2D eigenvalue weighted by Crippen LogP contribution is -2.22. The normalized spacial score (nSPS) is 12.2. The summed E-state index contributed by atoms with van der Waals surface area (Å²) in [6, 6.07) is 56.5. The Balaban J connectivity index is 0.000000212. The Morgan fingerprint density at radius 1 is 0.273 bits per heavy atom. The van der Waals surface area contributed by atoms with Gasteiger partial charge < -0.3 is 75.6 Å². The largest absolute Gasteiger partial charge is 0.481 e. The first-order valence-corrected chi connectivity index (χ1v) is 41.6. The van der Waals surface area contributed by atoms with Gasteiger partial charge in [0.2, 0.25) is 0 Å². The number of nitrogens with zero attached hydrogens (tertiary/aromatic N) is 16. The summed E-state index contributed by atoms with van der Waals surface area (Å²) in [6.45, 7) is 7.78. The molecule has 4 heterocycles. The molecule has 0 aliphatic heterocycles. The second kappa shape index (κ2) is 46.4. The molecule has 0 unspecified atom stereocenters. The number of hydrogen-bond acceptors (Lipinski definition) is 24. The highest BCUT2D eigenvalue weighted by atomic mass is 16.4. The van der Waals surface area contributed by atoms with Gasteiger partial charge in [0.05, 0.1) is 25.5 Å². The maximum absolute atomic E-state index is 12.7. The highest BCUT2D eigenvalue weighted by molar-refractivity contribution is 6.06. The number of rotatable bonds is 33. The molecule has 0 saturated carbocycles. The molecule has 0 spiro atoms. The lowest BCUT2D eigenvalue weighted by molar-refractivity contribution is -0.137. The molecule has 0 bridgehead atoms. The van der Waals surface area contributed by atoms with E-state index in [2.05, 4.69) is 45.2 Å². The molecule has 688 valence electrons. The molecular weight excluding hydrogens is 1670 g/mol. The van der Waals surface area contributed by atoms with E-state index in [4.69, 9.17) is 13.8 Å². The standard InChI is InChI=1S/C26H30N4O3.3C25H29N5O3/c1-17-6-12-20(13-7-17)22(31)14-18-8-10-19(11-9-18)15-23-27-25(29(2)3)21(16-24(32)33)26(28-23)30(4)5;3*1-16-6-10-18(11-7-16)25(33)26-19-12-8-17(9-13-19)14-21-27-23(29(2)3)20(15-22(31)32)24(28-21)30(4)5/h6-13H,14-16H2,1-5H3,(H,32,33);3*6-13H,14-15H2,1-5H3,(H,26,33)(H,31,32)/i16D2;14D2,15D2;15D2;/hD2. The average molecular weight is 1800 g/mol. The number of hydrogen-bond donors (Lipinski definition) is 7. The van der Waals surface area contributed by atoms with Crippen molar-refractivity contribution in [2.75, 3.05) is 168 Å². The lowest BCUT2D eigenvalue weighted by atomic mass is 10.0. The zero-order valence-electron chi connectivity index (χ0n) is 87.6. The SMILES string of the molecule is Cc1ccc(C(=O)Nc2ccc(Cc3nc(N(C)C)c(CC(=O)O)c(N(C)C)n3)cc2)cc1.[2H]C([2H])(C(=O)O)c1c(N(C)C)nc(Cc2ccc(CC(=O)c3ccc(C)cc3)cc2)nc1N(C)C.[2H]N(C(=O)c1ccc(C)cc1)c1ccc(C([2H])([2H])c2nc(N(C)C)c(C([2H])([2H])C(=O)O)c(N(C)C)n2)cc1.[2H]N(C(=O)c1ccc(C)cc1)c1ccc(Cc2nc(N(C)C)c(C([2H])([2H])C(=O)O)c(N(C)C)n2)cc1. The summed E-state index contributed by atoms with van der Waals surface area (Å²) < 4.78 is 82.9. The number of carbonyl (C=O) groups is 8. The van der Waals surface area contributed by atoms with Crippen molar-refractivity contribution >= 4 is 111 Å². The van der Waals surface area contributed by atoms with Gasteiger partial charge in [0.25, 0.3) is 17.7 Å². The van der Waals surface area contributed by atoms with E-state index in [9.17, 15) is 58.8 Å². The Bertz CT molecular complexity index is 6430. The first-order valence-electron chi connectivity index (χ1n) is 46.4. The van der Waals surface area contributed by atoms with Crippen LogP contribution in [0.15, 0.2) is 194 Å². The van der Waals surface area contributed by atoms with E-state index in [1.165, 1.54) is 34.1 Å². The summed E-state index contributed by atoms with van der Waals surface area (Å²) >= 11 is 0. The monoisotopic (exact) mass is 1800 g/mol. The molecule has 8 aromatic carbocycles. The van der Waals surface area contributed by atoms with Gasteiger partial charge in [0.1, 0.15) is 69.8 Å². The second-order valence-electron chi connectivity index (χ2n) is 32.4. The molecule has 4 aromatic heterocycles. The Morgan fingerprint density at radius 3 is 0.780 bits per heavy atom. The Morgan fingerprint density at radius 2 is 0.508 bits per heavy atom. The van der Waals surface area contributed by atoms with Crippen molar-refractivity contribution in [1.29, 1.82) is 0 Å². The molecule has 7 N–H and O–H groups in total. The molecule has 0 atom stereocenters. The number of carboxylic acid groups (broad SMARTS) is 4. The topological polar surface area (TPSA) is 383 Å². The minimum absolute atomic E-state index is 0.0515. The van der Waals surface area contributed by atoms with Crippen LogP contribution in [0.4, 0.5) is 63.6 Å². The molecule has 0 aliphatic carbocycles. The van der Waals surface area contributed by atoms with Gasteiger partial charge in [-0.25, -0.2) is 39.9 Å². The molecule has 0 aliphatic rings. The number of amides is 3. The fraction of sp³-hybridized carbons (Fsp3) is 0.287. The number of nitrogens with one attached hydrogen (secondary N) is 3. The van der Waals surface area contributed by atoms with Crippen molar-refractivity contribution in [3.05, 3.63) is 312 Å². The molecule has 3 amide bonds. The number of Topliss-reactive ketones (excluding diaryl/α,β-unsaturated/α-hetero) is 1. The van der Waals surface area contributed by atoms with E-state index in [0.717, 1.165) is 55.1 Å². The van der Waals surface area contributed by atoms with Crippen molar-refractivity contribution in [3.63, 3.8) is 0 Å². The summed E-state index contributed by atoms with van der Waals surface area (Å²) in [5.74, 6) is -4.07. The Labute approximate surface area is 785 Å². The van der Waals surface area contributed by atoms with Crippen LogP contribution in [0.2, 0.25) is 2.82 Å². The average Bonchev–Trinajstić information content (AvgIpc) is 0.744. The Hall–Kier alpha value is -15.6. The van der Waals surface area contributed by atoms with Gasteiger partial charge in [-0.1, -0.05) is 144 Å². The zero-order chi connectivity index (χ0) is 105. The van der Waals surface area contributed by atoms with Crippen LogP contribution >= 0.6 is 0 Å². The molecule has 132 heavy (non-hydrogen) atoms. The zero-order valence-corrected chi connectivity index (χ0v) is 77.6. The van der Waals surface area contributed by atoms with Crippen molar-refractivity contribution < 1.29 is 72.6 Å². The molecule has 31 heteroatoms. The van der Waals surface area contributed by atoms with E-state index in [0.29, 0.717) is 87.6 Å². The predicted octanol–water partition coefficient (Wildman–Crippen LogP) is 13.7. The minimum Gasteiger partial charge on any atom is -0.481 e. The van der Waals surface area contributed by atoms with Crippen LogP contribution in [0.25, 0.3) is 0 Å². The second-order valence-corrected chi connectivity index (χ2v) is 32.4. The van der Waals surface area contributed by atoms with Gasteiger partial charge >= 0.3 is 23.9 Å². The smallest absolute Gasteiger partial charge is 0.308 e. The molecule has 31 nitrogen and oxygen atoms in total. The summed E-state index contributed by atoms with van der Waals surface area (Å²) in [4.78, 5) is 145. The first kappa shape index (κ1) is 85.9. The summed E-state index contributed by atoms with van der Waals surface area (Å²) in [6.07, 6.45) is -9.22. The van der Waals surface area contributed by atoms with Crippen molar-refractivity contribution in [1.82, 2.24) is 39.9 Å². The number of benzene rings is 8. The number of ketones is 1. The fourth-order valence-electron chi connectivity index (χ4n) is 13.0. The summed E-state index contributed by atoms with van der Waals surface area (Å²) in [5.41, 5.74) is 11.4. The number of anilines is 11. The molecular formula is C101H117N19O12. The van der Waals surface area contributed by atoms with E-state index in [-0.39, 0.29) is 93.2 Å². The van der Waals surface area contributed by atoms with E-state index >= 15 is 0 Å². The first-order chi connectivity index (χ1) is 66.4. The van der Waals surface area contributed by atoms with Crippen LogP contribution in [0.1, 0.15) is 148 Å². The third kappa shape index (κ3) is 29.2. The van der Waals surface area contributed by atoms with Gasteiger partial charge in [-0.3, -0.25) is 38.4 Å². The quantitative estimate of drug-likeness (QED) is 0.0188. The van der Waals surface area contributed by atoms with E-state index in [1.54, 1.807) is 187 Å². The van der Waals surface area contributed by atoms with Gasteiger partial charge in [-0.05, 0) is 128 Å². The highest BCUT2D eigenvalue weighted by Crippen LogP contribution is 2.33. The number of aromatic nitrogens is 8. The Kier molecular flexibility index (Phi) is 30.2. The summed E-state index contributed by atoms with van der Waals surface area (Å²) in [5, 5.41) is 42.3. The fourth-order valence-corrected chi connectivity index (χ4v) is 13.0. The van der Waals surface area contributed by atoms with E-state index in [1.807, 2.05) is 153 Å². The predicted molar refractivity (Wildman–Crippen MR) is 522 cm³/mol. The van der Waals surface area contributed by atoms with E-state index < -0.39 is 61.2 Å². The lowest BCUT2D eigenvalue weighted by Gasteiger charge is -2.22. The minimum atomic E-state index is -2.84. The number of carboxylic acids is 4. The number of aryl methyl sites for hydroxylation is 4. The molecule has 0 radical (unpaired) electrons. The van der Waals surface area contributed by atoms with Gasteiger partial charge in [-0.2, -0.15) is 0 Å². The summed E-state index contributed by atoms with van der Waals surface area (Å²) in [7, 11) is 26.9. The van der Waals surface area contributed by atoms with Gasteiger partial charge in [0, 0.05) is 217 Å². The number of carbonyl (C=O) groups excluding carboxylic acids is 4. The van der Waals surface area contributed by atoms with Crippen molar-refractivity contribution in [3.8, 4) is 0 Å². The van der Waals surface area contributed by atoms with Crippen molar-refractivity contribution in [2.45, 2.75) is 85.3 Å².